The molecule has 2 saturated heterocycles. The molecule has 2 heterocycles. The van der Waals surface area contributed by atoms with Gasteiger partial charge in [-0.3, -0.25) is 0 Å². The van der Waals surface area contributed by atoms with Crippen molar-refractivity contribution < 1.29 is 28.5 Å². The van der Waals surface area contributed by atoms with Crippen LogP contribution in [0.5, 0.6) is 11.5 Å². The van der Waals surface area contributed by atoms with E-state index in [0.717, 1.165) is 5.69 Å². The molecule has 2 aliphatic heterocycles. The third kappa shape index (κ3) is 4.75. The highest BCUT2D eigenvalue weighted by atomic mass is 32.1. The van der Waals surface area contributed by atoms with Crippen molar-refractivity contribution in [3.8, 4) is 11.5 Å². The van der Waals surface area contributed by atoms with E-state index in [1.165, 1.54) is 0 Å². The van der Waals surface area contributed by atoms with Crippen molar-refractivity contribution in [2.24, 2.45) is 0 Å². The van der Waals surface area contributed by atoms with Gasteiger partial charge in [0.25, 0.3) is 0 Å². The van der Waals surface area contributed by atoms with Crippen molar-refractivity contribution in [3.05, 3.63) is 18.2 Å². The molecule has 2 aliphatic rings. The highest BCUT2D eigenvalue weighted by Gasteiger charge is 2.49. The molecule has 154 valence electrons. The Balaban J connectivity index is 1.55. The molecule has 3 N–H and O–H groups in total. The summed E-state index contributed by atoms with van der Waals surface area (Å²) in [5, 5.41) is 9.34. The molecule has 1 amide bonds. The number of fused-ring (bicyclic) bond motifs is 1. The number of carbonyl (C=O) groups excluding carboxylic acids is 1. The van der Waals surface area contributed by atoms with Crippen LogP contribution in [0.3, 0.4) is 0 Å². The van der Waals surface area contributed by atoms with Crippen LogP contribution in [0.15, 0.2) is 18.2 Å². The lowest BCUT2D eigenvalue weighted by Gasteiger charge is -2.20. The number of carbonyl (C=O) groups is 1. The standard InChI is InChI=1S/C18H25N3O6S/c1-4-19-18(22)27-14-9-26-15-13(8-25-16(14)15)21-17(28)20-10-5-11(23-2)7-12(6-10)24-3/h5-7,13-16H,4,8-9H2,1-3H3,(H,19,22)(H2,20,21,28). The first-order valence-corrected chi connectivity index (χ1v) is 9.43. The van der Waals surface area contributed by atoms with Gasteiger partial charge in [-0.25, -0.2) is 4.79 Å². The molecular weight excluding hydrogens is 386 g/mol. The van der Waals surface area contributed by atoms with Crippen LogP contribution in [-0.2, 0) is 14.2 Å². The minimum absolute atomic E-state index is 0.152. The van der Waals surface area contributed by atoms with E-state index >= 15 is 0 Å². The van der Waals surface area contributed by atoms with Crippen LogP contribution < -0.4 is 25.4 Å². The van der Waals surface area contributed by atoms with Crippen molar-refractivity contribution in [1.82, 2.24) is 10.6 Å². The first-order chi connectivity index (χ1) is 13.5. The first kappa shape index (κ1) is 20.4. The fraction of sp³-hybridized carbons (Fsp3) is 0.556. The number of hydrogen-bond donors (Lipinski definition) is 3. The van der Waals surface area contributed by atoms with Crippen LogP contribution in [0.25, 0.3) is 0 Å². The van der Waals surface area contributed by atoms with Gasteiger partial charge in [0.2, 0.25) is 0 Å². The van der Waals surface area contributed by atoms with Gasteiger partial charge in [-0.2, -0.15) is 0 Å². The Hall–Kier alpha value is -2.30. The second-order valence-corrected chi connectivity index (χ2v) is 6.78. The van der Waals surface area contributed by atoms with Gasteiger partial charge in [0, 0.05) is 30.4 Å². The van der Waals surface area contributed by atoms with E-state index in [0.29, 0.717) is 29.8 Å². The number of thiocarbonyl (C=S) groups is 1. The van der Waals surface area contributed by atoms with Gasteiger partial charge >= 0.3 is 6.09 Å². The van der Waals surface area contributed by atoms with E-state index in [9.17, 15) is 4.79 Å². The molecule has 0 aromatic heterocycles. The molecule has 2 fully saturated rings. The maximum absolute atomic E-state index is 11.6. The summed E-state index contributed by atoms with van der Waals surface area (Å²) in [4.78, 5) is 11.6. The SMILES string of the molecule is CCNC(=O)OC1COC2C(NC(=S)Nc3cc(OC)cc(OC)c3)COC12. The van der Waals surface area contributed by atoms with Crippen LogP contribution in [0.2, 0.25) is 0 Å². The average molecular weight is 411 g/mol. The minimum Gasteiger partial charge on any atom is -0.497 e. The van der Waals surface area contributed by atoms with Gasteiger partial charge in [-0.15, -0.1) is 0 Å². The van der Waals surface area contributed by atoms with Gasteiger partial charge in [-0.05, 0) is 19.1 Å². The quantitative estimate of drug-likeness (QED) is 0.598. The lowest BCUT2D eigenvalue weighted by Crippen LogP contribution is -2.46. The van der Waals surface area contributed by atoms with Gasteiger partial charge < -0.3 is 39.6 Å². The van der Waals surface area contributed by atoms with Gasteiger partial charge in [0.15, 0.2) is 11.2 Å². The number of anilines is 1. The number of ether oxygens (including phenoxy) is 5. The smallest absolute Gasteiger partial charge is 0.407 e. The maximum atomic E-state index is 11.6. The van der Waals surface area contributed by atoms with Crippen molar-refractivity contribution >= 4 is 29.1 Å². The molecular formula is C18H25N3O6S. The average Bonchev–Trinajstić information content (AvgIpc) is 3.25. The largest absolute Gasteiger partial charge is 0.497 e. The molecule has 10 heteroatoms. The summed E-state index contributed by atoms with van der Waals surface area (Å²) in [6.07, 6.45) is -1.48. The molecule has 28 heavy (non-hydrogen) atoms. The molecule has 1 aromatic rings. The van der Waals surface area contributed by atoms with Crippen LogP contribution >= 0.6 is 12.2 Å². The Morgan fingerprint density at radius 2 is 1.82 bits per heavy atom. The molecule has 0 aliphatic carbocycles. The third-order valence-electron chi connectivity index (χ3n) is 4.51. The lowest BCUT2D eigenvalue weighted by atomic mass is 10.1. The number of rotatable bonds is 6. The van der Waals surface area contributed by atoms with E-state index < -0.39 is 12.2 Å². The molecule has 4 unspecified atom stereocenters. The number of alkyl carbamates (subject to hydrolysis) is 1. The number of benzene rings is 1. The number of hydrogen-bond acceptors (Lipinski definition) is 7. The van der Waals surface area contributed by atoms with Gasteiger partial charge in [-0.1, -0.05) is 0 Å². The summed E-state index contributed by atoms with van der Waals surface area (Å²) >= 11 is 5.42. The molecule has 1 aromatic carbocycles. The molecule has 0 saturated carbocycles. The Labute approximate surface area is 169 Å². The molecule has 0 spiro atoms. The van der Waals surface area contributed by atoms with Gasteiger partial charge in [0.05, 0.1) is 33.5 Å². The minimum atomic E-state index is -0.471. The predicted octanol–water partition coefficient (Wildman–Crippen LogP) is 1.27. The zero-order valence-corrected chi connectivity index (χ0v) is 16.8. The fourth-order valence-corrected chi connectivity index (χ4v) is 3.50. The Morgan fingerprint density at radius 3 is 2.46 bits per heavy atom. The number of nitrogens with one attached hydrogen (secondary N) is 3. The lowest BCUT2D eigenvalue weighted by molar-refractivity contribution is 0.00425. The molecule has 9 nitrogen and oxygen atoms in total. The van der Waals surface area contributed by atoms with Crippen LogP contribution in [0, 0.1) is 0 Å². The topological polar surface area (TPSA) is 99.3 Å². The molecule has 3 rings (SSSR count). The fourth-order valence-electron chi connectivity index (χ4n) is 3.23. The highest BCUT2D eigenvalue weighted by Crippen LogP contribution is 2.29. The van der Waals surface area contributed by atoms with Crippen molar-refractivity contribution in [2.45, 2.75) is 31.3 Å². The van der Waals surface area contributed by atoms with E-state index in [4.69, 9.17) is 35.9 Å². The summed E-state index contributed by atoms with van der Waals surface area (Å²) in [6.45, 7) is 3.01. The summed E-state index contributed by atoms with van der Waals surface area (Å²) in [5.74, 6) is 1.30. The Kier molecular flexibility index (Phi) is 6.76. The van der Waals surface area contributed by atoms with Crippen LogP contribution in [0.4, 0.5) is 10.5 Å². The summed E-state index contributed by atoms with van der Waals surface area (Å²) in [6, 6.07) is 5.25. The normalized spacial score (nSPS) is 25.5. The number of methoxy groups -OCH3 is 2. The second kappa shape index (κ2) is 9.26. The molecule has 4 atom stereocenters. The van der Waals surface area contributed by atoms with Gasteiger partial charge in [0.1, 0.15) is 23.7 Å². The summed E-state index contributed by atoms with van der Waals surface area (Å²) in [7, 11) is 3.17. The monoisotopic (exact) mass is 411 g/mol. The first-order valence-electron chi connectivity index (χ1n) is 9.02. The highest BCUT2D eigenvalue weighted by molar-refractivity contribution is 7.80. The third-order valence-corrected chi connectivity index (χ3v) is 4.73. The Bertz CT molecular complexity index is 696. The predicted molar refractivity (Wildman–Crippen MR) is 106 cm³/mol. The summed E-state index contributed by atoms with van der Waals surface area (Å²) < 4.78 is 27.5. The van der Waals surface area contributed by atoms with Crippen molar-refractivity contribution in [1.29, 1.82) is 0 Å². The molecule has 0 bridgehead atoms. The van der Waals surface area contributed by atoms with E-state index in [1.807, 2.05) is 19.1 Å². The Morgan fingerprint density at radius 1 is 1.14 bits per heavy atom. The summed E-state index contributed by atoms with van der Waals surface area (Å²) in [5.41, 5.74) is 0.731. The second-order valence-electron chi connectivity index (χ2n) is 6.38. The van der Waals surface area contributed by atoms with E-state index in [-0.39, 0.29) is 24.9 Å². The van der Waals surface area contributed by atoms with Crippen LogP contribution in [-0.4, -0.2) is 69.5 Å². The van der Waals surface area contributed by atoms with E-state index in [1.54, 1.807) is 20.3 Å². The number of amides is 1. The zero-order valence-electron chi connectivity index (χ0n) is 16.0. The van der Waals surface area contributed by atoms with E-state index in [2.05, 4.69) is 16.0 Å². The van der Waals surface area contributed by atoms with Crippen LogP contribution in [0.1, 0.15) is 6.92 Å². The van der Waals surface area contributed by atoms with Crippen molar-refractivity contribution in [3.63, 3.8) is 0 Å². The molecule has 0 radical (unpaired) electrons. The zero-order chi connectivity index (χ0) is 20.1. The maximum Gasteiger partial charge on any atom is 0.407 e. The van der Waals surface area contributed by atoms with Crippen molar-refractivity contribution in [2.75, 3.05) is 39.3 Å².